The number of aromatic nitrogens is 3. The Kier molecular flexibility index (Phi) is 2.36. The summed E-state index contributed by atoms with van der Waals surface area (Å²) in [7, 11) is 0. The van der Waals surface area contributed by atoms with Crippen LogP contribution in [0.3, 0.4) is 0 Å². The second kappa shape index (κ2) is 3.83. The van der Waals surface area contributed by atoms with E-state index in [-0.39, 0.29) is 0 Å². The highest BCUT2D eigenvalue weighted by molar-refractivity contribution is 5.29. The largest absolute Gasteiger partial charge is 0.437 e. The average Bonchev–Trinajstić information content (AvgIpc) is 2.23. The van der Waals surface area contributed by atoms with Gasteiger partial charge in [-0.05, 0) is 19.1 Å². The molecule has 0 unspecified atom stereocenters. The predicted octanol–water partition coefficient (Wildman–Crippen LogP) is 1.77. The summed E-state index contributed by atoms with van der Waals surface area (Å²) in [5.74, 6) is 1.16. The number of ether oxygens (including phenoxy) is 1. The van der Waals surface area contributed by atoms with Gasteiger partial charge in [0.1, 0.15) is 6.33 Å². The van der Waals surface area contributed by atoms with E-state index in [9.17, 15) is 0 Å². The Morgan fingerprint density at radius 1 is 1.36 bits per heavy atom. The minimum absolute atomic E-state index is 0.469. The zero-order chi connectivity index (χ0) is 9.80. The lowest BCUT2D eigenvalue weighted by Gasteiger charge is -2.04. The van der Waals surface area contributed by atoms with E-state index in [0.717, 1.165) is 5.69 Å². The Balaban J connectivity index is 2.24. The fourth-order valence-corrected chi connectivity index (χ4v) is 0.995. The lowest BCUT2D eigenvalue weighted by Crippen LogP contribution is -1.91. The molecule has 69 valence electrons. The molecule has 0 saturated heterocycles. The van der Waals surface area contributed by atoms with Crippen LogP contribution in [0.15, 0.2) is 30.7 Å². The van der Waals surface area contributed by atoms with Gasteiger partial charge < -0.3 is 4.74 Å². The third-order valence-corrected chi connectivity index (χ3v) is 1.68. The maximum absolute atomic E-state index is 5.46. The molecule has 0 saturated carbocycles. The second-order valence-corrected chi connectivity index (χ2v) is 2.67. The first kappa shape index (κ1) is 8.62. The zero-order valence-electron chi connectivity index (χ0n) is 7.64. The number of hydrogen-bond donors (Lipinski definition) is 0. The molecule has 4 nitrogen and oxygen atoms in total. The molecule has 0 aromatic carbocycles. The normalized spacial score (nSPS) is 9.79. The van der Waals surface area contributed by atoms with Gasteiger partial charge in [0.25, 0.3) is 0 Å². The third-order valence-electron chi connectivity index (χ3n) is 1.68. The summed E-state index contributed by atoms with van der Waals surface area (Å²) in [5, 5.41) is 0. The van der Waals surface area contributed by atoms with E-state index < -0.39 is 0 Å². The van der Waals surface area contributed by atoms with E-state index in [4.69, 9.17) is 4.74 Å². The number of hydrogen-bond acceptors (Lipinski definition) is 4. The molecule has 0 bridgehead atoms. The molecule has 0 atom stereocenters. The van der Waals surface area contributed by atoms with Crippen LogP contribution in [0.1, 0.15) is 5.69 Å². The highest BCUT2D eigenvalue weighted by atomic mass is 16.5. The van der Waals surface area contributed by atoms with Crippen LogP contribution in [-0.2, 0) is 0 Å². The highest BCUT2D eigenvalue weighted by Gasteiger charge is 2.00. The van der Waals surface area contributed by atoms with E-state index in [1.54, 1.807) is 12.3 Å². The summed E-state index contributed by atoms with van der Waals surface area (Å²) in [5.41, 5.74) is 0.825. The second-order valence-electron chi connectivity index (χ2n) is 2.67. The molecule has 2 aromatic rings. The monoisotopic (exact) mass is 186 g/mol. The summed E-state index contributed by atoms with van der Waals surface area (Å²) < 4.78 is 5.46. The van der Waals surface area contributed by atoms with Crippen LogP contribution in [0.25, 0.3) is 0 Å². The van der Waals surface area contributed by atoms with Gasteiger partial charge in [0.15, 0.2) is 5.75 Å². The summed E-state index contributed by atoms with van der Waals surface area (Å²) in [6.07, 6.45) is 5.75. The standard InChI is InChI=1S/C10H8N3O/c1-8-9(3-2-5-12-8)14-10-4-6-11-7-13-10/h2-5,7H,1H3. The minimum atomic E-state index is 0.469. The maximum Gasteiger partial charge on any atom is 0.223 e. The Hall–Kier alpha value is -1.97. The number of nitrogens with zero attached hydrogens (tertiary/aromatic N) is 3. The molecular weight excluding hydrogens is 178 g/mol. The number of rotatable bonds is 2. The van der Waals surface area contributed by atoms with E-state index in [1.165, 1.54) is 6.33 Å². The van der Waals surface area contributed by atoms with Gasteiger partial charge in [-0.1, -0.05) is 0 Å². The molecule has 0 amide bonds. The molecule has 2 rings (SSSR count). The van der Waals surface area contributed by atoms with Crippen LogP contribution in [0.2, 0.25) is 0 Å². The van der Waals surface area contributed by atoms with Crippen molar-refractivity contribution in [2.75, 3.05) is 0 Å². The van der Waals surface area contributed by atoms with E-state index >= 15 is 0 Å². The van der Waals surface area contributed by atoms with Crippen molar-refractivity contribution in [2.45, 2.75) is 6.92 Å². The maximum atomic E-state index is 5.46. The Morgan fingerprint density at radius 3 is 3.00 bits per heavy atom. The zero-order valence-corrected chi connectivity index (χ0v) is 7.64. The summed E-state index contributed by atoms with van der Waals surface area (Å²) in [6.45, 7) is 1.88. The number of aryl methyl sites for hydroxylation is 1. The van der Waals surface area contributed by atoms with Crippen LogP contribution >= 0.6 is 0 Å². The van der Waals surface area contributed by atoms with Crippen molar-refractivity contribution in [3.63, 3.8) is 0 Å². The third kappa shape index (κ3) is 1.85. The van der Waals surface area contributed by atoms with Crippen molar-refractivity contribution < 1.29 is 4.74 Å². The topological polar surface area (TPSA) is 47.9 Å². The fourth-order valence-electron chi connectivity index (χ4n) is 0.995. The smallest absolute Gasteiger partial charge is 0.223 e. The molecule has 0 aliphatic rings. The average molecular weight is 186 g/mol. The Labute approximate surface area is 81.6 Å². The van der Waals surface area contributed by atoms with Crippen LogP contribution in [-0.4, -0.2) is 15.0 Å². The van der Waals surface area contributed by atoms with Gasteiger partial charge in [-0.3, -0.25) is 4.98 Å². The number of pyridine rings is 1. The first-order chi connectivity index (χ1) is 6.86. The van der Waals surface area contributed by atoms with Gasteiger partial charge in [-0.15, -0.1) is 0 Å². The SMILES string of the molecule is Cc1ncccc1Oc1c[c]ncn1. The molecule has 1 radical (unpaired) electrons. The summed E-state index contributed by atoms with van der Waals surface area (Å²) in [4.78, 5) is 11.7. The molecule has 0 aliphatic carbocycles. The molecule has 4 heteroatoms. The molecule has 0 aliphatic heterocycles. The Bertz CT molecular complexity index is 417. The molecule has 0 spiro atoms. The first-order valence-corrected chi connectivity index (χ1v) is 4.14. The minimum Gasteiger partial charge on any atom is -0.437 e. The molecule has 0 N–H and O–H groups in total. The summed E-state index contributed by atoms with van der Waals surface area (Å²) in [6, 6.07) is 5.23. The predicted molar refractivity (Wildman–Crippen MR) is 49.9 cm³/mol. The van der Waals surface area contributed by atoms with Crippen molar-refractivity contribution in [1.82, 2.24) is 15.0 Å². The molecule has 2 aromatic heterocycles. The van der Waals surface area contributed by atoms with Crippen LogP contribution < -0.4 is 4.74 Å². The van der Waals surface area contributed by atoms with Crippen molar-refractivity contribution in [3.05, 3.63) is 42.6 Å². The Morgan fingerprint density at radius 2 is 2.29 bits per heavy atom. The molecule has 14 heavy (non-hydrogen) atoms. The van der Waals surface area contributed by atoms with Crippen LogP contribution in [0, 0.1) is 13.1 Å². The molecule has 0 fully saturated rings. The lowest BCUT2D eigenvalue weighted by atomic mass is 10.3. The van der Waals surface area contributed by atoms with E-state index in [1.807, 2.05) is 19.1 Å². The fraction of sp³-hybridized carbons (Fsp3) is 0.100. The quantitative estimate of drug-likeness (QED) is 0.717. The first-order valence-electron chi connectivity index (χ1n) is 4.14. The highest BCUT2D eigenvalue weighted by Crippen LogP contribution is 2.19. The summed E-state index contributed by atoms with van der Waals surface area (Å²) >= 11 is 0. The molecular formula is C10H8N3O. The van der Waals surface area contributed by atoms with Crippen molar-refractivity contribution in [3.8, 4) is 11.6 Å². The van der Waals surface area contributed by atoms with Gasteiger partial charge in [0, 0.05) is 12.3 Å². The van der Waals surface area contributed by atoms with E-state index in [2.05, 4.69) is 21.1 Å². The van der Waals surface area contributed by atoms with Crippen molar-refractivity contribution in [1.29, 1.82) is 0 Å². The van der Waals surface area contributed by atoms with Gasteiger partial charge >= 0.3 is 0 Å². The van der Waals surface area contributed by atoms with Gasteiger partial charge in [-0.2, -0.15) is 0 Å². The molecule has 2 heterocycles. The van der Waals surface area contributed by atoms with Gasteiger partial charge in [-0.25, -0.2) is 9.97 Å². The van der Waals surface area contributed by atoms with Crippen molar-refractivity contribution in [2.24, 2.45) is 0 Å². The van der Waals surface area contributed by atoms with Crippen LogP contribution in [0.4, 0.5) is 0 Å². The van der Waals surface area contributed by atoms with Crippen molar-refractivity contribution >= 4 is 0 Å². The van der Waals surface area contributed by atoms with Gasteiger partial charge in [0.2, 0.25) is 5.88 Å². The van der Waals surface area contributed by atoms with Crippen LogP contribution in [0.5, 0.6) is 11.6 Å². The van der Waals surface area contributed by atoms with E-state index in [0.29, 0.717) is 11.6 Å². The van der Waals surface area contributed by atoms with Gasteiger partial charge in [0.05, 0.1) is 11.9 Å². The lowest BCUT2D eigenvalue weighted by molar-refractivity contribution is 0.455.